The summed E-state index contributed by atoms with van der Waals surface area (Å²) in [5, 5.41) is 2.80. The van der Waals surface area contributed by atoms with Crippen LogP contribution in [0.25, 0.3) is 27.7 Å². The van der Waals surface area contributed by atoms with Gasteiger partial charge < -0.3 is 24.8 Å². The highest BCUT2D eigenvalue weighted by Gasteiger charge is 2.23. The molecule has 12 nitrogen and oxygen atoms in total. The molecule has 218 valence electrons. The van der Waals surface area contributed by atoms with Crippen molar-refractivity contribution in [3.63, 3.8) is 0 Å². The molecular weight excluding hydrogens is 540 g/mol. The van der Waals surface area contributed by atoms with E-state index < -0.39 is 5.91 Å². The van der Waals surface area contributed by atoms with Gasteiger partial charge in [-0.1, -0.05) is 31.4 Å². The highest BCUT2D eigenvalue weighted by Crippen LogP contribution is 2.36. The van der Waals surface area contributed by atoms with E-state index in [1.165, 1.54) is 19.5 Å². The zero-order chi connectivity index (χ0) is 30.6. The number of anilines is 1. The van der Waals surface area contributed by atoms with E-state index in [4.69, 9.17) is 4.74 Å². The van der Waals surface area contributed by atoms with Crippen LogP contribution in [0.5, 0.6) is 5.75 Å². The van der Waals surface area contributed by atoms with Crippen LogP contribution in [0.4, 0.5) is 5.69 Å². The van der Waals surface area contributed by atoms with Crippen LogP contribution in [0, 0.1) is 0 Å². The summed E-state index contributed by atoms with van der Waals surface area (Å²) in [4.78, 5) is 68.2. The Labute approximate surface area is 242 Å². The van der Waals surface area contributed by atoms with Crippen molar-refractivity contribution in [1.82, 2.24) is 24.7 Å². The average molecular weight is 573 g/mol. The lowest BCUT2D eigenvalue weighted by Gasteiger charge is -2.33. The minimum absolute atomic E-state index is 0.00738. The van der Waals surface area contributed by atoms with Crippen molar-refractivity contribution in [1.29, 1.82) is 0 Å². The van der Waals surface area contributed by atoms with Gasteiger partial charge in [0, 0.05) is 52.8 Å². The lowest BCUT2D eigenvalue weighted by Crippen LogP contribution is -2.49. The Morgan fingerprint density at radius 3 is 2.38 bits per heavy atom. The maximum absolute atomic E-state index is 12.9. The summed E-state index contributed by atoms with van der Waals surface area (Å²) in [6, 6.07) is 10.7. The summed E-state index contributed by atoms with van der Waals surface area (Å²) >= 11 is 0. The van der Waals surface area contributed by atoms with E-state index in [1.807, 2.05) is 18.2 Å². The van der Waals surface area contributed by atoms with Crippen LogP contribution in [-0.2, 0) is 19.2 Å². The van der Waals surface area contributed by atoms with Crippen LogP contribution in [0.15, 0.2) is 66.8 Å². The van der Waals surface area contributed by atoms with Crippen molar-refractivity contribution in [3.05, 3.63) is 72.3 Å². The Kier molecular flexibility index (Phi) is 8.84. The van der Waals surface area contributed by atoms with Crippen LogP contribution in [0.3, 0.4) is 0 Å². The van der Waals surface area contributed by atoms with E-state index in [0.29, 0.717) is 48.5 Å². The molecule has 3 heterocycles. The number of aromatic nitrogens is 2. The normalized spacial score (nSPS) is 14.3. The number of ether oxygens (including phenoxy) is 1. The van der Waals surface area contributed by atoms with Crippen molar-refractivity contribution in [3.8, 4) is 16.9 Å². The summed E-state index contributed by atoms with van der Waals surface area (Å²) in [6.45, 7) is 11.1. The second kappa shape index (κ2) is 12.5. The number of likely N-dealkylation sites (N-methyl/N-ethyl adjacent to an activating group) is 2. The number of carbonyl (C=O) groups excluding carboxylic acids is 4. The molecule has 0 unspecified atom stereocenters. The highest BCUT2D eigenvalue weighted by atomic mass is 16.5. The Hall–Kier alpha value is -5.26. The number of para-hydroxylation sites is 1. The molecule has 3 aromatic rings. The predicted octanol–water partition coefficient (Wildman–Crippen LogP) is 1.50. The molecule has 1 saturated heterocycles. The van der Waals surface area contributed by atoms with E-state index in [-0.39, 0.29) is 35.6 Å². The number of nitrogens with one attached hydrogen (secondary N) is 1. The first-order chi connectivity index (χ1) is 20.1. The number of hydrogen-bond donors (Lipinski definition) is 1. The van der Waals surface area contributed by atoms with E-state index in [1.54, 1.807) is 46.9 Å². The SMILES string of the molecule is C=C(C(=O)NC)n1cnc2c(-c3ccc4c(c3)N(C)C(=O)CO4)cccc2c1=O.C=CC(=O)N1CCN(C(C)=O)CC1. The van der Waals surface area contributed by atoms with Gasteiger partial charge in [-0.05, 0) is 29.8 Å². The molecule has 12 heteroatoms. The molecule has 2 aromatic carbocycles. The fourth-order valence-electron chi connectivity index (χ4n) is 4.64. The van der Waals surface area contributed by atoms with Crippen LogP contribution >= 0.6 is 0 Å². The van der Waals surface area contributed by atoms with Gasteiger partial charge in [0.05, 0.1) is 16.6 Å². The van der Waals surface area contributed by atoms with Crippen molar-refractivity contribution in [2.24, 2.45) is 0 Å². The topological polar surface area (TPSA) is 134 Å². The quantitative estimate of drug-likeness (QED) is 0.469. The third-order valence-electron chi connectivity index (χ3n) is 7.14. The van der Waals surface area contributed by atoms with Crippen molar-refractivity contribution in [2.45, 2.75) is 6.92 Å². The Morgan fingerprint density at radius 2 is 1.74 bits per heavy atom. The van der Waals surface area contributed by atoms with Crippen LogP contribution in [-0.4, -0.2) is 89.9 Å². The first kappa shape index (κ1) is 29.7. The lowest BCUT2D eigenvalue weighted by molar-refractivity contribution is -0.135. The highest BCUT2D eigenvalue weighted by molar-refractivity contribution is 6.12. The molecular formula is C30H32N6O6. The van der Waals surface area contributed by atoms with E-state index in [0.717, 1.165) is 15.7 Å². The molecule has 0 spiro atoms. The van der Waals surface area contributed by atoms with Gasteiger partial charge in [-0.25, -0.2) is 4.98 Å². The van der Waals surface area contributed by atoms with Gasteiger partial charge in [-0.3, -0.25) is 28.5 Å². The largest absolute Gasteiger partial charge is 0.482 e. The minimum Gasteiger partial charge on any atom is -0.482 e. The Morgan fingerprint density at radius 1 is 1.05 bits per heavy atom. The molecule has 2 aliphatic rings. The second-order valence-electron chi connectivity index (χ2n) is 9.61. The van der Waals surface area contributed by atoms with Gasteiger partial charge in [-0.2, -0.15) is 0 Å². The number of nitrogens with zero attached hydrogens (tertiary/aromatic N) is 5. The molecule has 5 rings (SSSR count). The molecule has 1 fully saturated rings. The van der Waals surface area contributed by atoms with Gasteiger partial charge in [0.2, 0.25) is 11.8 Å². The molecule has 4 amide bonds. The number of piperazine rings is 1. The standard InChI is InChI=1S/C21H18N4O4.C9H14N2O2/c1-12(20(27)22-2)25-11-23-19-14(5-4-6-15(19)21(25)28)13-7-8-17-16(9-13)24(3)18(26)10-29-17;1-3-9(13)11-6-4-10(5-7-11)8(2)12/h4-9,11H,1,10H2,2-3H3,(H,22,27);3H,1,4-7H2,2H3. The Bertz CT molecular complexity index is 1650. The predicted molar refractivity (Wildman–Crippen MR) is 159 cm³/mol. The van der Waals surface area contributed by atoms with Crippen LogP contribution in [0.2, 0.25) is 0 Å². The maximum Gasteiger partial charge on any atom is 0.267 e. The summed E-state index contributed by atoms with van der Waals surface area (Å²) < 4.78 is 6.59. The monoisotopic (exact) mass is 572 g/mol. The number of carbonyl (C=O) groups is 4. The molecule has 0 bridgehead atoms. The lowest BCUT2D eigenvalue weighted by atomic mass is 10.0. The number of hydrogen-bond acceptors (Lipinski definition) is 7. The zero-order valence-electron chi connectivity index (χ0n) is 23.8. The molecule has 42 heavy (non-hydrogen) atoms. The first-order valence-electron chi connectivity index (χ1n) is 13.2. The van der Waals surface area contributed by atoms with Crippen LogP contribution in [0.1, 0.15) is 6.92 Å². The van der Waals surface area contributed by atoms with Crippen LogP contribution < -0.4 is 20.5 Å². The fraction of sp³-hybridized carbons (Fsp3) is 0.267. The van der Waals surface area contributed by atoms with Gasteiger partial charge in [0.25, 0.3) is 17.4 Å². The number of amides is 4. The minimum atomic E-state index is -0.466. The van der Waals surface area contributed by atoms with E-state index in [2.05, 4.69) is 23.5 Å². The summed E-state index contributed by atoms with van der Waals surface area (Å²) in [5.41, 5.74) is 2.25. The molecule has 2 aliphatic heterocycles. The Balaban J connectivity index is 0.000000262. The average Bonchev–Trinajstić information content (AvgIpc) is 3.02. The molecule has 0 aliphatic carbocycles. The molecule has 0 saturated carbocycles. The van der Waals surface area contributed by atoms with Crippen molar-refractivity contribution >= 4 is 45.9 Å². The van der Waals surface area contributed by atoms with Gasteiger partial charge in [0.15, 0.2) is 6.61 Å². The van der Waals surface area contributed by atoms with Crippen molar-refractivity contribution < 1.29 is 23.9 Å². The molecule has 1 aromatic heterocycles. The maximum atomic E-state index is 12.9. The van der Waals surface area contributed by atoms with E-state index in [9.17, 15) is 24.0 Å². The molecule has 1 N–H and O–H groups in total. The fourth-order valence-corrected chi connectivity index (χ4v) is 4.64. The third kappa shape index (κ3) is 5.92. The smallest absolute Gasteiger partial charge is 0.267 e. The summed E-state index contributed by atoms with van der Waals surface area (Å²) in [5.74, 6) is 0.0373. The van der Waals surface area contributed by atoms with E-state index >= 15 is 0 Å². The third-order valence-corrected chi connectivity index (χ3v) is 7.14. The van der Waals surface area contributed by atoms with Gasteiger partial charge >= 0.3 is 0 Å². The summed E-state index contributed by atoms with van der Waals surface area (Å²) in [6.07, 6.45) is 2.60. The molecule has 0 radical (unpaired) electrons. The number of fused-ring (bicyclic) bond motifs is 2. The number of rotatable bonds is 4. The zero-order valence-corrected chi connectivity index (χ0v) is 23.8. The first-order valence-corrected chi connectivity index (χ1v) is 13.2. The van der Waals surface area contributed by atoms with Crippen molar-refractivity contribution in [2.75, 3.05) is 51.8 Å². The molecule has 0 atom stereocenters. The second-order valence-corrected chi connectivity index (χ2v) is 9.61. The summed E-state index contributed by atoms with van der Waals surface area (Å²) in [7, 11) is 3.16. The number of benzene rings is 2. The van der Waals surface area contributed by atoms with Gasteiger partial charge in [0.1, 0.15) is 17.8 Å². The van der Waals surface area contributed by atoms with Gasteiger partial charge in [-0.15, -0.1) is 0 Å².